The van der Waals surface area contributed by atoms with E-state index >= 15 is 0 Å². The van der Waals surface area contributed by atoms with E-state index in [4.69, 9.17) is 81.1 Å². The van der Waals surface area contributed by atoms with Gasteiger partial charge in [0.25, 0.3) is 0 Å². The third-order valence-electron chi connectivity index (χ3n) is 0. The molecule has 98 valence electrons. The molecule has 0 unspecified atom stereocenters. The van der Waals surface area contributed by atoms with Gasteiger partial charge in [-0.1, -0.05) is 0 Å². The van der Waals surface area contributed by atoms with Gasteiger partial charge in [0.1, 0.15) is 0 Å². The molecule has 0 saturated heterocycles. The Hall–Kier alpha value is -0.221. The van der Waals surface area contributed by atoms with Crippen LogP contribution in [-0.4, -0.2) is 11.0 Å². The summed E-state index contributed by atoms with van der Waals surface area (Å²) in [4.78, 5) is 8.00. The van der Waals surface area contributed by atoms with E-state index in [1.54, 1.807) is 0 Å². The molecule has 0 saturated carbocycles. The van der Waals surface area contributed by atoms with Crippen LogP contribution in [0, 0.1) is 75.9 Å². The molecular weight excluding hydrogens is 359 g/mol. The Morgan fingerprint density at radius 2 is 0.524 bits per heavy atom. The Labute approximate surface area is 200 Å². The second-order valence-corrected chi connectivity index (χ2v) is 0.0745. The fourth-order valence-corrected chi connectivity index (χ4v) is 0. The molecule has 0 aromatic carbocycles. The molecule has 0 fully saturated rings. The summed E-state index contributed by atoms with van der Waals surface area (Å²) >= 11 is 0. The summed E-state index contributed by atoms with van der Waals surface area (Å²) in [6, 6.07) is 0. The average molecular weight is 363 g/mol. The van der Waals surface area contributed by atoms with Gasteiger partial charge in [-0.3, -0.25) is 0 Å². The van der Waals surface area contributed by atoms with Crippen molar-refractivity contribution in [2.75, 3.05) is 0 Å². The topological polar surface area (TPSA) is 255 Å². The Morgan fingerprint density at radius 1 is 0.524 bits per heavy atom. The molecule has 0 atom stereocenters. The van der Waals surface area contributed by atoms with E-state index in [9.17, 15) is 0 Å². The molecule has 11 nitrogen and oxygen atoms in total. The van der Waals surface area contributed by atoms with Gasteiger partial charge >= 0.3 is 106 Å². The molecule has 0 aliphatic heterocycles. The van der Waals surface area contributed by atoms with E-state index < -0.39 is 0 Å². The minimum atomic E-state index is 0. The SMILES string of the molecule is O.O.[C-]#N.[C-]#N.[C-]#N.[C-]#N.[C-]#N.[C-]#N.[Fe+3].[Na+].[Na+].[Na+].[O]N=O. The zero-order valence-electron chi connectivity index (χ0n) is 11.3. The van der Waals surface area contributed by atoms with Gasteiger partial charge in [0, 0.05) is 0 Å². The summed E-state index contributed by atoms with van der Waals surface area (Å²) in [5.74, 6) is 0. The second kappa shape index (κ2) is 11500. The molecule has 0 rings (SSSR count). The van der Waals surface area contributed by atoms with Crippen molar-refractivity contribution < 1.29 is 122 Å². The summed E-state index contributed by atoms with van der Waals surface area (Å²) in [6.45, 7) is 28.5. The van der Waals surface area contributed by atoms with Crippen LogP contribution in [0.5, 0.6) is 0 Å². The predicted octanol–water partition coefficient (Wildman–Crippen LogP) is -9.96. The smallest absolute Gasteiger partial charge is 0.512 e. The van der Waals surface area contributed by atoms with Gasteiger partial charge < -0.3 is 82.0 Å². The molecule has 0 spiro atoms. The summed E-state index contributed by atoms with van der Waals surface area (Å²) in [5.41, 5.74) is 0. The van der Waals surface area contributed by atoms with Crippen molar-refractivity contribution in [1.82, 2.24) is 0 Å². The van der Waals surface area contributed by atoms with Gasteiger partial charge in [-0.15, -0.1) is 10.1 Å². The van der Waals surface area contributed by atoms with E-state index in [0.29, 0.717) is 0 Å². The molecule has 0 aliphatic rings. The maximum Gasteiger partial charge on any atom is 3.00 e. The first-order valence-electron chi connectivity index (χ1n) is 1.71. The predicted molar refractivity (Wildman–Crippen MR) is 43.5 cm³/mol. The molecule has 0 bridgehead atoms. The number of hydrogen-bond donors (Lipinski definition) is 0. The maximum absolute atomic E-state index is 8.00. The number of hydrogen-bond acceptors (Lipinski definition) is 8. The summed E-state index contributed by atoms with van der Waals surface area (Å²) in [6.07, 6.45) is 0. The molecule has 0 aromatic rings. The van der Waals surface area contributed by atoms with Crippen LogP contribution in [0.4, 0.5) is 0 Å². The van der Waals surface area contributed by atoms with Crippen LogP contribution in [0.25, 0.3) is 0 Å². The van der Waals surface area contributed by atoms with Crippen LogP contribution < -0.4 is 88.7 Å². The molecule has 0 aliphatic carbocycles. The molecule has 0 amide bonds. The van der Waals surface area contributed by atoms with Gasteiger partial charge in [0.2, 0.25) is 5.34 Å². The average Bonchev–Trinajstić information content (AvgIpc) is 2.44. The standard InChI is InChI=1S/6CN.Fe.NO2.3Na.2H2O/c6*1-2;;2-1-3;;;;;/h;;;;;;;;;;;2*1H2/q6*-1;+3;;3*+1;;. The van der Waals surface area contributed by atoms with E-state index in [0.717, 1.165) is 5.34 Å². The van der Waals surface area contributed by atoms with Crippen LogP contribution in [-0.2, 0) is 22.3 Å². The van der Waals surface area contributed by atoms with Crippen molar-refractivity contribution >= 4 is 0 Å². The van der Waals surface area contributed by atoms with Crippen molar-refractivity contribution in [2.24, 2.45) is 5.34 Å². The molecular formula is C6H4FeN7Na3O4. The van der Waals surface area contributed by atoms with Gasteiger partial charge in [0.15, 0.2) is 0 Å². The van der Waals surface area contributed by atoms with E-state index in [-0.39, 0.29) is 117 Å². The molecule has 21 heavy (non-hydrogen) atoms. The second-order valence-electron chi connectivity index (χ2n) is 0.0745. The first-order valence-corrected chi connectivity index (χ1v) is 1.71. The minimum absolute atomic E-state index is 0. The van der Waals surface area contributed by atoms with Gasteiger partial charge in [-0.05, 0) is 0 Å². The van der Waals surface area contributed by atoms with Gasteiger partial charge in [0.05, 0.1) is 0 Å². The molecule has 2 radical (unpaired) electrons. The van der Waals surface area contributed by atoms with Crippen LogP contribution in [0.1, 0.15) is 0 Å². The van der Waals surface area contributed by atoms with Gasteiger partial charge in [-0.2, -0.15) is 0 Å². The van der Waals surface area contributed by atoms with Crippen molar-refractivity contribution in [3.63, 3.8) is 0 Å². The van der Waals surface area contributed by atoms with Crippen molar-refractivity contribution in [3.05, 3.63) is 44.3 Å². The third-order valence-corrected chi connectivity index (χ3v) is 0. The van der Waals surface area contributed by atoms with Crippen molar-refractivity contribution in [3.8, 4) is 0 Å². The first kappa shape index (κ1) is 134. The van der Waals surface area contributed by atoms with Crippen LogP contribution >= 0.6 is 0 Å². The van der Waals surface area contributed by atoms with Crippen LogP contribution in [0.2, 0.25) is 0 Å². The minimum Gasteiger partial charge on any atom is -0.512 e. The molecule has 15 heteroatoms. The quantitative estimate of drug-likeness (QED) is 0.173. The largest absolute Gasteiger partial charge is 3.00 e. The Balaban J connectivity index is -0.00000000310. The summed E-state index contributed by atoms with van der Waals surface area (Å²) in [7, 11) is 0. The normalized spacial score (nSPS) is 1.14. The van der Waals surface area contributed by atoms with E-state index in [2.05, 4.69) is 0 Å². The van der Waals surface area contributed by atoms with E-state index in [1.807, 2.05) is 0 Å². The zero-order chi connectivity index (χ0) is 14.7. The fraction of sp³-hybridized carbons (Fsp3) is 0. The molecule has 0 aromatic heterocycles. The van der Waals surface area contributed by atoms with Crippen LogP contribution in [0.15, 0.2) is 5.34 Å². The molecule has 0 heterocycles. The summed E-state index contributed by atoms with van der Waals surface area (Å²) in [5, 5.41) is 46.5. The van der Waals surface area contributed by atoms with Crippen LogP contribution in [0.3, 0.4) is 0 Å². The third kappa shape index (κ3) is 129000. The maximum atomic E-state index is 8.00. The fourth-order valence-electron chi connectivity index (χ4n) is 0. The Bertz CT molecular complexity index is 152. The first-order chi connectivity index (χ1) is 7.41. The van der Waals surface area contributed by atoms with Gasteiger partial charge in [-0.25, -0.2) is 0 Å². The molecule has 4 N–H and O–H groups in total. The van der Waals surface area contributed by atoms with Crippen molar-refractivity contribution in [2.45, 2.75) is 0 Å². The Morgan fingerprint density at radius 3 is 0.524 bits per heavy atom. The van der Waals surface area contributed by atoms with E-state index in [1.165, 1.54) is 0 Å². The number of nitrogens with zero attached hydrogens (tertiary/aromatic N) is 7. The monoisotopic (exact) mass is 363 g/mol. The number of rotatable bonds is 0. The zero-order valence-corrected chi connectivity index (χ0v) is 18.4. The Kier molecular flexibility index (Phi) is 73400. The summed E-state index contributed by atoms with van der Waals surface area (Å²) < 4.78 is 0. The van der Waals surface area contributed by atoms with Crippen molar-refractivity contribution in [1.29, 1.82) is 31.6 Å².